The molecule has 0 aliphatic rings. The van der Waals surface area contributed by atoms with Gasteiger partial charge in [-0.05, 0) is 0 Å². The molecule has 0 aliphatic heterocycles. The van der Waals surface area contributed by atoms with E-state index in [1.807, 2.05) is 0 Å². The summed E-state index contributed by atoms with van der Waals surface area (Å²) in [5.74, 6) is -1.67. The monoisotopic (exact) mass is 146 g/mol. The Labute approximate surface area is 59.5 Å². The highest BCUT2D eigenvalue weighted by Crippen LogP contribution is 1.42. The van der Waals surface area contributed by atoms with Gasteiger partial charge in [-0.2, -0.15) is 0 Å². The fourth-order valence-electron chi connectivity index (χ4n) is 0. The van der Waals surface area contributed by atoms with Crippen molar-refractivity contribution in [3.63, 3.8) is 0 Å². The lowest BCUT2D eigenvalue weighted by molar-refractivity contribution is -0.135. The second kappa shape index (κ2) is 15.6. The number of carbonyl (C=O) groups is 2. The fraction of sp³-hybridized carbons (Fsp3) is 0.333. The molecule has 0 atom stereocenters. The molecule has 0 saturated carbocycles. The van der Waals surface area contributed by atoms with Gasteiger partial charge < -0.3 is 10.2 Å². The van der Waals surface area contributed by atoms with Crippen LogP contribution in [0.1, 0.15) is 13.8 Å². The molecule has 0 aliphatic carbocycles. The van der Waals surface area contributed by atoms with Crippen LogP contribution in [0.25, 0.3) is 0 Å². The quantitative estimate of drug-likeness (QED) is 0.486. The van der Waals surface area contributed by atoms with Crippen molar-refractivity contribution >= 4 is 11.9 Å². The van der Waals surface area contributed by atoms with Gasteiger partial charge in [0.25, 0.3) is 11.9 Å². The van der Waals surface area contributed by atoms with Gasteiger partial charge in [0.05, 0.1) is 0 Å². The van der Waals surface area contributed by atoms with E-state index in [0.717, 1.165) is 13.8 Å². The van der Waals surface area contributed by atoms with E-state index in [4.69, 9.17) is 19.8 Å². The molecule has 0 saturated heterocycles. The second-order valence-corrected chi connectivity index (χ2v) is 1.04. The third-order valence-corrected chi connectivity index (χ3v) is 0. The molecule has 0 amide bonds. The summed E-state index contributed by atoms with van der Waals surface area (Å²) >= 11 is 0. The van der Waals surface area contributed by atoms with Crippen LogP contribution in [-0.2, 0) is 9.59 Å². The van der Waals surface area contributed by atoms with Crippen molar-refractivity contribution < 1.29 is 19.8 Å². The first-order valence-corrected chi connectivity index (χ1v) is 2.19. The maximum atomic E-state index is 9.00. The maximum Gasteiger partial charge on any atom is 0.300 e. The number of carboxylic acid groups (broad SMARTS) is 2. The largest absolute Gasteiger partial charge is 0.481 e. The molecule has 0 fully saturated rings. The minimum Gasteiger partial charge on any atom is -0.481 e. The number of aliphatic carboxylic acids is 2. The SMILES string of the molecule is C#C.CC(=O)O.CC(=O)O. The zero-order valence-corrected chi connectivity index (χ0v) is 5.87. The second-order valence-electron chi connectivity index (χ2n) is 1.04. The molecule has 0 aromatic carbocycles. The van der Waals surface area contributed by atoms with E-state index in [2.05, 4.69) is 12.8 Å². The average molecular weight is 146 g/mol. The van der Waals surface area contributed by atoms with Crippen LogP contribution in [0, 0.1) is 12.8 Å². The van der Waals surface area contributed by atoms with E-state index in [9.17, 15) is 0 Å². The number of terminal acetylenes is 1. The Kier molecular flexibility index (Phi) is 24.7. The van der Waals surface area contributed by atoms with Gasteiger partial charge in [-0.3, -0.25) is 9.59 Å². The van der Waals surface area contributed by atoms with Crippen molar-refractivity contribution in [2.24, 2.45) is 0 Å². The molecule has 0 unspecified atom stereocenters. The molecule has 0 heterocycles. The standard InChI is InChI=1S/2C2H4O2.C2H2/c2*1-2(3)4;1-2/h2*1H3,(H,3,4);1-2H. The summed E-state index contributed by atoms with van der Waals surface area (Å²) in [5.41, 5.74) is 0. The molecule has 0 aromatic rings. The van der Waals surface area contributed by atoms with Gasteiger partial charge in [-0.15, -0.1) is 12.8 Å². The predicted molar refractivity (Wildman–Crippen MR) is 36.5 cm³/mol. The van der Waals surface area contributed by atoms with Crippen LogP contribution in [0.15, 0.2) is 0 Å². The summed E-state index contributed by atoms with van der Waals surface area (Å²) in [6.45, 7) is 2.17. The van der Waals surface area contributed by atoms with Crippen LogP contribution >= 0.6 is 0 Å². The summed E-state index contributed by atoms with van der Waals surface area (Å²) in [7, 11) is 0. The van der Waals surface area contributed by atoms with E-state index in [-0.39, 0.29) is 0 Å². The molecule has 58 valence electrons. The van der Waals surface area contributed by atoms with E-state index in [1.54, 1.807) is 0 Å². The van der Waals surface area contributed by atoms with E-state index >= 15 is 0 Å². The normalized spacial score (nSPS) is 5.20. The Morgan fingerprint density at radius 3 is 1.00 bits per heavy atom. The maximum absolute atomic E-state index is 9.00. The Balaban J connectivity index is -0.0000000787. The van der Waals surface area contributed by atoms with Crippen molar-refractivity contribution in [2.75, 3.05) is 0 Å². The summed E-state index contributed by atoms with van der Waals surface area (Å²) in [6.07, 6.45) is 8.00. The van der Waals surface area contributed by atoms with E-state index in [0.29, 0.717) is 0 Å². The lowest BCUT2D eigenvalue weighted by Crippen LogP contribution is -1.78. The molecule has 0 aromatic heterocycles. The molecule has 0 radical (unpaired) electrons. The topological polar surface area (TPSA) is 74.6 Å². The van der Waals surface area contributed by atoms with Crippen LogP contribution in [0.5, 0.6) is 0 Å². The van der Waals surface area contributed by atoms with Crippen molar-refractivity contribution in [3.05, 3.63) is 0 Å². The zero-order chi connectivity index (χ0) is 9.15. The van der Waals surface area contributed by atoms with Gasteiger partial charge in [-0.1, -0.05) is 0 Å². The molecule has 0 bridgehead atoms. The van der Waals surface area contributed by atoms with Gasteiger partial charge in [0.1, 0.15) is 0 Å². The first-order valence-electron chi connectivity index (χ1n) is 2.19. The summed E-state index contributed by atoms with van der Waals surface area (Å²) < 4.78 is 0. The van der Waals surface area contributed by atoms with Gasteiger partial charge in [0.2, 0.25) is 0 Å². The van der Waals surface area contributed by atoms with Gasteiger partial charge in [0, 0.05) is 13.8 Å². The Hall–Kier alpha value is -1.50. The third kappa shape index (κ3) is 87.4. The lowest BCUT2D eigenvalue weighted by atomic mass is 10.9. The van der Waals surface area contributed by atoms with E-state index in [1.165, 1.54) is 0 Å². The molecule has 2 N–H and O–H groups in total. The highest BCUT2D eigenvalue weighted by molar-refractivity contribution is 5.63. The molecule has 4 nitrogen and oxygen atoms in total. The molecule has 4 heteroatoms. The number of hydrogen-bond acceptors (Lipinski definition) is 2. The first kappa shape index (κ1) is 15.8. The number of carboxylic acids is 2. The highest BCUT2D eigenvalue weighted by atomic mass is 16.4. The molecule has 0 spiro atoms. The smallest absolute Gasteiger partial charge is 0.300 e. The third-order valence-electron chi connectivity index (χ3n) is 0. The molecule has 0 rings (SSSR count). The zero-order valence-electron chi connectivity index (χ0n) is 5.87. The number of rotatable bonds is 0. The van der Waals surface area contributed by atoms with Gasteiger partial charge in [0.15, 0.2) is 0 Å². The van der Waals surface area contributed by atoms with Crippen molar-refractivity contribution in [1.82, 2.24) is 0 Å². The Morgan fingerprint density at radius 1 is 1.00 bits per heavy atom. The van der Waals surface area contributed by atoms with Crippen LogP contribution in [-0.4, -0.2) is 22.2 Å². The fourth-order valence-corrected chi connectivity index (χ4v) is 0. The van der Waals surface area contributed by atoms with Crippen molar-refractivity contribution in [3.8, 4) is 12.8 Å². The molecule has 10 heavy (non-hydrogen) atoms. The lowest BCUT2D eigenvalue weighted by Gasteiger charge is -1.59. The van der Waals surface area contributed by atoms with Crippen LogP contribution in [0.4, 0.5) is 0 Å². The molecular weight excluding hydrogens is 136 g/mol. The summed E-state index contributed by atoms with van der Waals surface area (Å²) in [4.78, 5) is 18.0. The summed E-state index contributed by atoms with van der Waals surface area (Å²) in [6, 6.07) is 0. The van der Waals surface area contributed by atoms with Gasteiger partial charge in [-0.25, -0.2) is 0 Å². The number of hydrogen-bond donors (Lipinski definition) is 2. The first-order chi connectivity index (χ1) is 4.46. The highest BCUT2D eigenvalue weighted by Gasteiger charge is 1.65. The Bertz CT molecular complexity index is 94.2. The van der Waals surface area contributed by atoms with Crippen LogP contribution in [0.2, 0.25) is 0 Å². The van der Waals surface area contributed by atoms with E-state index < -0.39 is 11.9 Å². The van der Waals surface area contributed by atoms with Crippen molar-refractivity contribution in [1.29, 1.82) is 0 Å². The van der Waals surface area contributed by atoms with Crippen molar-refractivity contribution in [2.45, 2.75) is 13.8 Å². The molecular formula is C6H10O4. The van der Waals surface area contributed by atoms with Gasteiger partial charge >= 0.3 is 0 Å². The average Bonchev–Trinajstić information content (AvgIpc) is 1.66. The Morgan fingerprint density at radius 2 is 1.00 bits per heavy atom. The minimum absolute atomic E-state index is 0.833. The summed E-state index contributed by atoms with van der Waals surface area (Å²) in [5, 5.41) is 14.8. The van der Waals surface area contributed by atoms with Crippen LogP contribution in [0.3, 0.4) is 0 Å². The minimum atomic E-state index is -0.833. The predicted octanol–water partition coefficient (Wildman–Crippen LogP) is 0.431. The van der Waals surface area contributed by atoms with Crippen LogP contribution < -0.4 is 0 Å².